The molecule has 0 spiro atoms. The largest absolute Gasteiger partial charge is 0.324 e. The lowest BCUT2D eigenvalue weighted by Crippen LogP contribution is -2.08. The summed E-state index contributed by atoms with van der Waals surface area (Å²) in [6, 6.07) is 0. The van der Waals surface area contributed by atoms with Gasteiger partial charge in [-0.3, -0.25) is 4.57 Å². The monoisotopic (exact) mass is 253 g/mol. The first-order valence-corrected chi connectivity index (χ1v) is 4.81. The molecule has 0 atom stereocenters. The molecule has 5 nitrogen and oxygen atoms in total. The maximum absolute atomic E-state index is 5.51. The molecule has 0 aliphatic carbocycles. The van der Waals surface area contributed by atoms with Crippen molar-refractivity contribution >= 4 is 15.9 Å². The predicted octanol–water partition coefficient (Wildman–Crippen LogP) is 0.883. The zero-order valence-corrected chi connectivity index (χ0v) is 8.85. The molecule has 0 aliphatic rings. The van der Waals surface area contributed by atoms with Crippen molar-refractivity contribution in [1.29, 1.82) is 0 Å². The number of halogens is 1. The Morgan fingerprint density at radius 3 is 2.64 bits per heavy atom. The van der Waals surface area contributed by atoms with Gasteiger partial charge in [0.15, 0.2) is 0 Å². The second-order valence-corrected chi connectivity index (χ2v) is 3.53. The highest BCUT2D eigenvalue weighted by atomic mass is 79.9. The molecule has 2 N–H and O–H groups in total. The third-order valence-corrected chi connectivity index (χ3v) is 2.13. The van der Waals surface area contributed by atoms with Crippen molar-refractivity contribution in [3.05, 3.63) is 35.1 Å². The van der Waals surface area contributed by atoms with Crippen LogP contribution in [-0.2, 0) is 6.54 Å². The highest BCUT2D eigenvalue weighted by molar-refractivity contribution is 9.10. The lowest BCUT2D eigenvalue weighted by Gasteiger charge is -2.02. The highest BCUT2D eigenvalue weighted by Gasteiger charge is 2.04. The molecule has 0 saturated carbocycles. The zero-order chi connectivity index (χ0) is 9.97. The average Bonchev–Trinajstić information content (AvgIpc) is 2.67. The second-order valence-electron chi connectivity index (χ2n) is 2.62. The molecule has 72 valence electrons. The number of nitrogens with two attached hydrogens (primary N) is 1. The summed E-state index contributed by atoms with van der Waals surface area (Å²) in [5.41, 5.74) is 5.51. The van der Waals surface area contributed by atoms with Crippen molar-refractivity contribution in [3.8, 4) is 5.95 Å². The van der Waals surface area contributed by atoms with Crippen LogP contribution < -0.4 is 5.73 Å². The second kappa shape index (κ2) is 3.85. The van der Waals surface area contributed by atoms with Gasteiger partial charge in [0.25, 0.3) is 0 Å². The number of rotatable bonds is 2. The van der Waals surface area contributed by atoms with Gasteiger partial charge in [-0.1, -0.05) is 0 Å². The summed E-state index contributed by atoms with van der Waals surface area (Å²) in [7, 11) is 0. The van der Waals surface area contributed by atoms with Crippen molar-refractivity contribution < 1.29 is 0 Å². The van der Waals surface area contributed by atoms with Gasteiger partial charge in [-0.05, 0) is 15.9 Å². The molecular formula is C8H8BrN5. The van der Waals surface area contributed by atoms with Crippen LogP contribution in [0.15, 0.2) is 29.3 Å². The summed E-state index contributed by atoms with van der Waals surface area (Å²) in [5.74, 6) is 1.32. The molecule has 2 aromatic heterocycles. The fourth-order valence-corrected chi connectivity index (χ4v) is 1.30. The predicted molar refractivity (Wildman–Crippen MR) is 54.7 cm³/mol. The smallest absolute Gasteiger partial charge is 0.235 e. The molecule has 0 radical (unpaired) electrons. The molecule has 0 bridgehead atoms. The van der Waals surface area contributed by atoms with E-state index in [2.05, 4.69) is 30.9 Å². The van der Waals surface area contributed by atoms with E-state index in [1.165, 1.54) is 0 Å². The highest BCUT2D eigenvalue weighted by Crippen LogP contribution is 2.08. The van der Waals surface area contributed by atoms with Gasteiger partial charge in [0.1, 0.15) is 5.82 Å². The van der Waals surface area contributed by atoms with E-state index in [0.29, 0.717) is 12.5 Å². The minimum Gasteiger partial charge on any atom is -0.324 e. The maximum Gasteiger partial charge on any atom is 0.235 e. The summed E-state index contributed by atoms with van der Waals surface area (Å²) in [5, 5.41) is 0. The SMILES string of the molecule is NCc1nccn1-c1ncc(Br)cn1. The van der Waals surface area contributed by atoms with Gasteiger partial charge < -0.3 is 5.73 Å². The first-order chi connectivity index (χ1) is 6.81. The molecule has 2 rings (SSSR count). The quantitative estimate of drug-likeness (QED) is 0.863. The zero-order valence-electron chi connectivity index (χ0n) is 7.26. The van der Waals surface area contributed by atoms with Gasteiger partial charge in [0.05, 0.1) is 11.0 Å². The Kier molecular flexibility index (Phi) is 2.55. The molecule has 2 heterocycles. The van der Waals surface area contributed by atoms with E-state index < -0.39 is 0 Å². The number of imidazole rings is 1. The maximum atomic E-state index is 5.51. The van der Waals surface area contributed by atoms with Gasteiger partial charge in [-0.25, -0.2) is 15.0 Å². The molecule has 0 saturated heterocycles. The Hall–Kier alpha value is -1.27. The standard InChI is InChI=1S/C8H8BrN5/c9-6-4-12-8(13-5-6)14-2-1-11-7(14)3-10/h1-2,4-5H,3,10H2. The van der Waals surface area contributed by atoms with Gasteiger partial charge in [-0.15, -0.1) is 0 Å². The molecule has 14 heavy (non-hydrogen) atoms. The molecule has 0 fully saturated rings. The van der Waals surface area contributed by atoms with Crippen molar-refractivity contribution in [2.24, 2.45) is 5.73 Å². The van der Waals surface area contributed by atoms with Crippen molar-refractivity contribution in [2.75, 3.05) is 0 Å². The molecule has 2 aromatic rings. The fourth-order valence-electron chi connectivity index (χ4n) is 1.10. The first kappa shape index (κ1) is 9.29. The van der Waals surface area contributed by atoms with Crippen molar-refractivity contribution in [3.63, 3.8) is 0 Å². The number of nitrogens with zero attached hydrogens (tertiary/aromatic N) is 4. The van der Waals surface area contributed by atoms with Crippen LogP contribution in [0.4, 0.5) is 0 Å². The van der Waals surface area contributed by atoms with Crippen LogP contribution >= 0.6 is 15.9 Å². The summed E-state index contributed by atoms with van der Waals surface area (Å²) in [6.07, 6.45) is 6.82. The van der Waals surface area contributed by atoms with Crippen LogP contribution in [0.3, 0.4) is 0 Å². The summed E-state index contributed by atoms with van der Waals surface area (Å²) in [6.45, 7) is 0.367. The van der Waals surface area contributed by atoms with Crippen LogP contribution in [-0.4, -0.2) is 19.5 Å². The van der Waals surface area contributed by atoms with Crippen molar-refractivity contribution in [1.82, 2.24) is 19.5 Å². The van der Waals surface area contributed by atoms with E-state index in [4.69, 9.17) is 5.73 Å². The number of hydrogen-bond acceptors (Lipinski definition) is 4. The van der Waals surface area contributed by atoms with Crippen LogP contribution in [0.2, 0.25) is 0 Å². The van der Waals surface area contributed by atoms with Crippen LogP contribution in [0.1, 0.15) is 5.82 Å². The normalized spacial score (nSPS) is 10.4. The molecule has 0 aromatic carbocycles. The molecule has 0 amide bonds. The van der Waals surface area contributed by atoms with Crippen LogP contribution in [0, 0.1) is 0 Å². The van der Waals surface area contributed by atoms with E-state index >= 15 is 0 Å². The van der Waals surface area contributed by atoms with E-state index in [1.54, 1.807) is 29.4 Å². The number of hydrogen-bond donors (Lipinski definition) is 1. The molecule has 6 heteroatoms. The summed E-state index contributed by atoms with van der Waals surface area (Å²) < 4.78 is 2.60. The van der Waals surface area contributed by atoms with E-state index in [9.17, 15) is 0 Å². The van der Waals surface area contributed by atoms with E-state index in [-0.39, 0.29) is 0 Å². The number of aromatic nitrogens is 4. The van der Waals surface area contributed by atoms with Crippen LogP contribution in [0.5, 0.6) is 0 Å². The Balaban J connectivity index is 2.44. The summed E-state index contributed by atoms with van der Waals surface area (Å²) in [4.78, 5) is 12.4. The van der Waals surface area contributed by atoms with E-state index in [0.717, 1.165) is 10.3 Å². The topological polar surface area (TPSA) is 69.6 Å². The molecule has 0 aliphatic heterocycles. The Labute approximate surface area is 89.1 Å². The lowest BCUT2D eigenvalue weighted by atomic mass is 10.6. The Morgan fingerprint density at radius 1 is 1.29 bits per heavy atom. The molecule has 0 unspecified atom stereocenters. The van der Waals surface area contributed by atoms with Gasteiger partial charge in [0, 0.05) is 24.8 Å². The third-order valence-electron chi connectivity index (χ3n) is 1.72. The van der Waals surface area contributed by atoms with Crippen molar-refractivity contribution in [2.45, 2.75) is 6.54 Å². The first-order valence-electron chi connectivity index (χ1n) is 4.01. The van der Waals surface area contributed by atoms with E-state index in [1.807, 2.05) is 0 Å². The Bertz CT molecular complexity index is 422. The van der Waals surface area contributed by atoms with Gasteiger partial charge in [0.2, 0.25) is 5.95 Å². The van der Waals surface area contributed by atoms with Gasteiger partial charge >= 0.3 is 0 Å². The van der Waals surface area contributed by atoms with Gasteiger partial charge in [-0.2, -0.15) is 0 Å². The van der Waals surface area contributed by atoms with Crippen LogP contribution in [0.25, 0.3) is 5.95 Å². The third kappa shape index (κ3) is 1.66. The Morgan fingerprint density at radius 2 is 2.00 bits per heavy atom. The lowest BCUT2D eigenvalue weighted by molar-refractivity contribution is 0.820. The minimum atomic E-state index is 0.367. The average molecular weight is 254 g/mol. The summed E-state index contributed by atoms with van der Waals surface area (Å²) >= 11 is 3.27. The fraction of sp³-hybridized carbons (Fsp3) is 0.125. The minimum absolute atomic E-state index is 0.367. The molecular weight excluding hydrogens is 246 g/mol.